The number of carboxylic acid groups (broad SMARTS) is 1. The molecule has 11 heteroatoms. The van der Waals surface area contributed by atoms with E-state index < -0.39 is 60.4 Å². The first-order chi connectivity index (χ1) is 11.6. The van der Waals surface area contributed by atoms with Crippen molar-refractivity contribution < 1.29 is 36.2 Å². The Bertz CT molecular complexity index is 942. The number of ether oxygens (including phenoxy) is 1. The molecule has 25 heavy (non-hydrogen) atoms. The monoisotopic (exact) mass is 395 g/mol. The predicted octanol–water partition coefficient (Wildman–Crippen LogP) is 3.26. The molecule has 2 N–H and O–H groups in total. The maximum Gasteiger partial charge on any atom is 0.338 e. The SMILES string of the molecule is COc1c(F)cc(NS(=O)(=O)c2cc(Cl)c(F)c(C(=O)O)c2)cc1F. The number of halogens is 4. The van der Waals surface area contributed by atoms with Gasteiger partial charge in [0.2, 0.25) is 0 Å². The summed E-state index contributed by atoms with van der Waals surface area (Å²) < 4.78 is 71.7. The Hall–Kier alpha value is -2.46. The summed E-state index contributed by atoms with van der Waals surface area (Å²) in [5, 5.41) is 8.13. The molecule has 0 bridgehead atoms. The lowest BCUT2D eigenvalue weighted by atomic mass is 10.2. The Morgan fingerprint density at radius 1 is 1.16 bits per heavy atom. The standard InChI is InChI=1S/C14H9ClF3NO5S/c1-24-13-10(16)2-6(3-11(13)17)19-25(22,23)7-4-8(14(20)21)12(18)9(15)5-7/h2-5,19H,1H3,(H,20,21). The smallest absolute Gasteiger partial charge is 0.338 e. The number of sulfonamides is 1. The van der Waals surface area contributed by atoms with Gasteiger partial charge in [-0.3, -0.25) is 4.72 Å². The summed E-state index contributed by atoms with van der Waals surface area (Å²) >= 11 is 5.50. The van der Waals surface area contributed by atoms with Crippen molar-refractivity contribution >= 4 is 33.3 Å². The fraction of sp³-hybridized carbons (Fsp3) is 0.0714. The lowest BCUT2D eigenvalue weighted by Gasteiger charge is -2.11. The predicted molar refractivity (Wildman–Crippen MR) is 82.1 cm³/mol. The Balaban J connectivity index is 2.49. The van der Waals surface area contributed by atoms with Crippen molar-refractivity contribution in [3.05, 3.63) is 52.3 Å². The highest BCUT2D eigenvalue weighted by molar-refractivity contribution is 7.92. The molecule has 0 atom stereocenters. The van der Waals surface area contributed by atoms with Gasteiger partial charge in [0.25, 0.3) is 10.0 Å². The lowest BCUT2D eigenvalue weighted by molar-refractivity contribution is 0.0691. The Morgan fingerprint density at radius 2 is 1.72 bits per heavy atom. The van der Waals surface area contributed by atoms with Crippen LogP contribution in [0.2, 0.25) is 5.02 Å². The second kappa shape index (κ2) is 6.81. The van der Waals surface area contributed by atoms with Crippen LogP contribution in [-0.4, -0.2) is 26.6 Å². The lowest BCUT2D eigenvalue weighted by Crippen LogP contribution is -2.15. The second-order valence-corrected chi connectivity index (χ2v) is 6.74. The zero-order chi connectivity index (χ0) is 18.9. The van der Waals surface area contributed by atoms with Crippen LogP contribution < -0.4 is 9.46 Å². The fourth-order valence-corrected chi connectivity index (χ4v) is 3.28. The van der Waals surface area contributed by atoms with Gasteiger partial charge in [0.05, 0.1) is 28.3 Å². The van der Waals surface area contributed by atoms with Gasteiger partial charge in [-0.05, 0) is 12.1 Å². The molecule has 0 saturated heterocycles. The highest BCUT2D eigenvalue weighted by atomic mass is 35.5. The van der Waals surface area contributed by atoms with Gasteiger partial charge in [-0.2, -0.15) is 0 Å². The molecule has 0 radical (unpaired) electrons. The molecule has 2 aromatic rings. The van der Waals surface area contributed by atoms with Gasteiger partial charge in [0.1, 0.15) is 0 Å². The quantitative estimate of drug-likeness (QED) is 0.810. The number of anilines is 1. The van der Waals surface area contributed by atoms with Gasteiger partial charge in [-0.1, -0.05) is 11.6 Å². The summed E-state index contributed by atoms with van der Waals surface area (Å²) in [6, 6.07) is 2.51. The molecule has 0 aliphatic rings. The zero-order valence-electron chi connectivity index (χ0n) is 12.3. The number of rotatable bonds is 5. The molecule has 0 aromatic heterocycles. The molecule has 0 spiro atoms. The second-order valence-electron chi connectivity index (χ2n) is 4.65. The number of hydrogen-bond acceptors (Lipinski definition) is 4. The van der Waals surface area contributed by atoms with Crippen molar-refractivity contribution in [3.8, 4) is 5.75 Å². The minimum Gasteiger partial charge on any atom is -0.491 e. The molecule has 0 amide bonds. The van der Waals surface area contributed by atoms with E-state index in [4.69, 9.17) is 16.7 Å². The van der Waals surface area contributed by atoms with E-state index in [1.165, 1.54) is 0 Å². The number of nitrogens with one attached hydrogen (secondary N) is 1. The van der Waals surface area contributed by atoms with Crippen LogP contribution in [0, 0.1) is 17.5 Å². The topological polar surface area (TPSA) is 92.7 Å². The third kappa shape index (κ3) is 3.80. The van der Waals surface area contributed by atoms with Gasteiger partial charge < -0.3 is 9.84 Å². The van der Waals surface area contributed by atoms with Crippen LogP contribution in [0.5, 0.6) is 5.75 Å². The minimum absolute atomic E-state index is 0.492. The van der Waals surface area contributed by atoms with Crippen molar-refractivity contribution in [3.63, 3.8) is 0 Å². The Kier molecular flexibility index (Phi) is 5.14. The van der Waals surface area contributed by atoms with Crippen LogP contribution in [0.3, 0.4) is 0 Å². The van der Waals surface area contributed by atoms with Gasteiger partial charge in [0, 0.05) is 12.1 Å². The van der Waals surface area contributed by atoms with Gasteiger partial charge in [0.15, 0.2) is 23.2 Å². The first-order valence-corrected chi connectivity index (χ1v) is 8.21. The summed E-state index contributed by atoms with van der Waals surface area (Å²) in [5.41, 5.74) is -1.46. The molecule has 134 valence electrons. The molecule has 0 aliphatic heterocycles. The number of benzene rings is 2. The van der Waals surface area contributed by atoms with Crippen LogP contribution in [0.15, 0.2) is 29.2 Å². The van der Waals surface area contributed by atoms with Crippen molar-refractivity contribution in [1.29, 1.82) is 0 Å². The molecule has 2 aromatic carbocycles. The molecule has 0 saturated carbocycles. The first kappa shape index (κ1) is 18.9. The molecule has 0 heterocycles. The number of carbonyl (C=O) groups is 1. The summed E-state index contributed by atoms with van der Waals surface area (Å²) in [7, 11) is -3.47. The summed E-state index contributed by atoms with van der Waals surface area (Å²) in [6.45, 7) is 0. The van der Waals surface area contributed by atoms with Gasteiger partial charge in [-0.25, -0.2) is 26.4 Å². The third-order valence-electron chi connectivity index (χ3n) is 3.00. The molecule has 2 rings (SSSR count). The highest BCUT2D eigenvalue weighted by Gasteiger charge is 2.23. The van der Waals surface area contributed by atoms with Crippen LogP contribution >= 0.6 is 11.6 Å². The zero-order valence-corrected chi connectivity index (χ0v) is 13.9. The van der Waals surface area contributed by atoms with Crippen LogP contribution in [0.4, 0.5) is 18.9 Å². The molecular formula is C14H9ClF3NO5S. The molecule has 0 fully saturated rings. The van der Waals surface area contributed by atoms with Crippen LogP contribution in [-0.2, 0) is 10.0 Å². The number of carboxylic acids is 1. The van der Waals surface area contributed by atoms with Gasteiger partial charge in [-0.15, -0.1) is 0 Å². The van der Waals surface area contributed by atoms with E-state index in [0.29, 0.717) is 24.3 Å². The molecule has 0 unspecified atom stereocenters. The van der Waals surface area contributed by atoms with E-state index in [9.17, 15) is 26.4 Å². The summed E-state index contributed by atoms with van der Waals surface area (Å²) in [6.07, 6.45) is 0. The maximum atomic E-state index is 13.6. The molecule has 0 aliphatic carbocycles. The maximum absolute atomic E-state index is 13.6. The van der Waals surface area contributed by atoms with Crippen molar-refractivity contribution in [1.82, 2.24) is 0 Å². The third-order valence-corrected chi connectivity index (χ3v) is 4.63. The van der Waals surface area contributed by atoms with E-state index in [1.807, 2.05) is 4.72 Å². The Labute approximate surface area is 144 Å². The summed E-state index contributed by atoms with van der Waals surface area (Å²) in [5.74, 6) is -6.08. The highest BCUT2D eigenvalue weighted by Crippen LogP contribution is 2.28. The normalized spacial score (nSPS) is 11.2. The number of methoxy groups -OCH3 is 1. The van der Waals surface area contributed by atoms with E-state index >= 15 is 0 Å². The van der Waals surface area contributed by atoms with Crippen molar-refractivity contribution in [2.75, 3.05) is 11.8 Å². The molecule has 6 nitrogen and oxygen atoms in total. The summed E-state index contributed by atoms with van der Waals surface area (Å²) in [4.78, 5) is 10.2. The average molecular weight is 396 g/mol. The van der Waals surface area contributed by atoms with E-state index in [1.54, 1.807) is 0 Å². The van der Waals surface area contributed by atoms with Crippen molar-refractivity contribution in [2.45, 2.75) is 4.90 Å². The van der Waals surface area contributed by atoms with Crippen LogP contribution in [0.25, 0.3) is 0 Å². The number of aromatic carboxylic acids is 1. The first-order valence-electron chi connectivity index (χ1n) is 6.35. The van der Waals surface area contributed by atoms with Gasteiger partial charge >= 0.3 is 5.97 Å². The average Bonchev–Trinajstić information content (AvgIpc) is 2.48. The fourth-order valence-electron chi connectivity index (χ4n) is 1.90. The Morgan fingerprint density at radius 3 is 2.20 bits per heavy atom. The van der Waals surface area contributed by atoms with Crippen LogP contribution in [0.1, 0.15) is 10.4 Å². The van der Waals surface area contributed by atoms with E-state index in [-0.39, 0.29) is 0 Å². The largest absolute Gasteiger partial charge is 0.491 e. The number of hydrogen-bond donors (Lipinski definition) is 2. The van der Waals surface area contributed by atoms with Crippen molar-refractivity contribution in [2.24, 2.45) is 0 Å². The molecular weight excluding hydrogens is 387 g/mol. The van der Waals surface area contributed by atoms with E-state index in [2.05, 4.69) is 4.74 Å². The van der Waals surface area contributed by atoms with E-state index in [0.717, 1.165) is 7.11 Å². The minimum atomic E-state index is -4.50.